The van der Waals surface area contributed by atoms with Crippen molar-refractivity contribution in [2.45, 2.75) is 6.42 Å². The number of nitrogens with one attached hydrogen (secondary N) is 1. The molecule has 0 saturated carbocycles. The van der Waals surface area contributed by atoms with Gasteiger partial charge in [0.15, 0.2) is 0 Å². The Morgan fingerprint density at radius 1 is 1.33 bits per heavy atom. The van der Waals surface area contributed by atoms with E-state index in [9.17, 15) is 0 Å². The molecular weight excluding hydrogens is 208 g/mol. The molecule has 0 aliphatic carbocycles. The molecule has 2 aromatic heterocycles. The average molecular weight is 216 g/mol. The Labute approximate surface area is 90.2 Å². The maximum atomic E-state index is 4.21. The first-order chi connectivity index (χ1) is 7.43. The number of hydrogen-bond donors (Lipinski definition) is 1. The summed E-state index contributed by atoms with van der Waals surface area (Å²) in [6.45, 7) is 0. The summed E-state index contributed by atoms with van der Waals surface area (Å²) in [6.07, 6.45) is 4.40. The zero-order chi connectivity index (χ0) is 10.1. The van der Waals surface area contributed by atoms with Gasteiger partial charge in [0.05, 0.1) is 4.70 Å². The van der Waals surface area contributed by atoms with Gasteiger partial charge < -0.3 is 4.98 Å². The van der Waals surface area contributed by atoms with Crippen LogP contribution in [0.15, 0.2) is 30.6 Å². The van der Waals surface area contributed by atoms with Crippen molar-refractivity contribution >= 4 is 21.7 Å². The Morgan fingerprint density at radius 2 is 2.33 bits per heavy atom. The molecule has 3 aromatic rings. The van der Waals surface area contributed by atoms with Crippen molar-refractivity contribution in [1.29, 1.82) is 0 Å². The van der Waals surface area contributed by atoms with Crippen molar-refractivity contribution in [3.8, 4) is 0 Å². The van der Waals surface area contributed by atoms with Crippen LogP contribution in [-0.2, 0) is 6.42 Å². The summed E-state index contributed by atoms with van der Waals surface area (Å²) < 4.78 is 5.10. The Bertz CT molecular complexity index is 570. The second-order valence-electron chi connectivity index (χ2n) is 3.25. The fraction of sp³-hybridized carbons (Fsp3) is 0.100. The van der Waals surface area contributed by atoms with Crippen molar-refractivity contribution < 1.29 is 0 Å². The van der Waals surface area contributed by atoms with Gasteiger partial charge in [-0.05, 0) is 23.2 Å². The van der Waals surface area contributed by atoms with E-state index in [0.717, 1.165) is 22.5 Å². The van der Waals surface area contributed by atoms with Crippen LogP contribution >= 0.6 is 11.5 Å². The van der Waals surface area contributed by atoms with E-state index in [1.807, 2.05) is 18.3 Å². The molecule has 0 radical (unpaired) electrons. The molecule has 0 spiro atoms. The van der Waals surface area contributed by atoms with E-state index < -0.39 is 0 Å². The third-order valence-corrected chi connectivity index (χ3v) is 3.09. The summed E-state index contributed by atoms with van der Waals surface area (Å²) in [5.74, 6) is 0.968. The summed E-state index contributed by atoms with van der Waals surface area (Å²) in [7, 11) is 0. The lowest BCUT2D eigenvalue weighted by Gasteiger charge is -1.98. The second kappa shape index (κ2) is 3.43. The maximum absolute atomic E-state index is 4.21. The van der Waals surface area contributed by atoms with Crippen LogP contribution in [0, 0.1) is 0 Å². The normalized spacial score (nSPS) is 10.9. The van der Waals surface area contributed by atoms with E-state index in [0.29, 0.717) is 0 Å². The van der Waals surface area contributed by atoms with Crippen molar-refractivity contribution in [3.05, 3.63) is 42.0 Å². The second-order valence-corrected chi connectivity index (χ2v) is 4.01. The number of benzene rings is 1. The minimum atomic E-state index is 0.800. The molecule has 0 fully saturated rings. The van der Waals surface area contributed by atoms with Gasteiger partial charge in [0.25, 0.3) is 0 Å². The molecule has 0 atom stereocenters. The van der Waals surface area contributed by atoms with Crippen LogP contribution < -0.4 is 0 Å². The Balaban J connectivity index is 2.07. The summed E-state index contributed by atoms with van der Waals surface area (Å²) in [4.78, 5) is 7.31. The van der Waals surface area contributed by atoms with Crippen molar-refractivity contribution in [3.63, 3.8) is 0 Å². The van der Waals surface area contributed by atoms with Gasteiger partial charge in [-0.3, -0.25) is 0 Å². The monoisotopic (exact) mass is 216 g/mol. The van der Waals surface area contributed by atoms with Gasteiger partial charge in [-0.15, -0.1) is 5.10 Å². The van der Waals surface area contributed by atoms with Gasteiger partial charge in [0.2, 0.25) is 0 Å². The highest BCUT2D eigenvalue weighted by molar-refractivity contribution is 7.13. The highest BCUT2D eigenvalue weighted by atomic mass is 32.1. The minimum Gasteiger partial charge on any atom is -0.348 e. The molecule has 1 N–H and O–H groups in total. The van der Waals surface area contributed by atoms with Crippen molar-refractivity contribution in [2.24, 2.45) is 0 Å². The predicted molar refractivity (Wildman–Crippen MR) is 58.8 cm³/mol. The van der Waals surface area contributed by atoms with Gasteiger partial charge in [-0.2, -0.15) is 0 Å². The third kappa shape index (κ3) is 1.50. The topological polar surface area (TPSA) is 54.5 Å². The van der Waals surface area contributed by atoms with Crippen molar-refractivity contribution in [2.75, 3.05) is 0 Å². The molecule has 0 unspecified atom stereocenters. The van der Waals surface area contributed by atoms with Crippen LogP contribution in [-0.4, -0.2) is 19.6 Å². The fourth-order valence-corrected chi connectivity index (χ4v) is 2.25. The molecule has 5 heteroatoms. The minimum absolute atomic E-state index is 0.800. The van der Waals surface area contributed by atoms with Gasteiger partial charge in [0, 0.05) is 18.8 Å². The number of rotatable bonds is 2. The highest BCUT2D eigenvalue weighted by Gasteiger charge is 2.06. The SMILES string of the molecule is c1cc(Cc2ncc[nH]2)c2snnc2c1. The molecular formula is C10H8N4S. The largest absolute Gasteiger partial charge is 0.348 e. The molecule has 3 rings (SSSR count). The number of H-pyrrole nitrogens is 1. The third-order valence-electron chi connectivity index (χ3n) is 2.27. The Hall–Kier alpha value is -1.75. The van der Waals surface area contributed by atoms with Crippen LogP contribution in [0.25, 0.3) is 10.2 Å². The van der Waals surface area contributed by atoms with E-state index in [1.54, 1.807) is 6.20 Å². The van der Waals surface area contributed by atoms with Gasteiger partial charge >= 0.3 is 0 Å². The molecule has 15 heavy (non-hydrogen) atoms. The average Bonchev–Trinajstić information content (AvgIpc) is 2.87. The fourth-order valence-electron chi connectivity index (χ4n) is 1.57. The highest BCUT2D eigenvalue weighted by Crippen LogP contribution is 2.21. The van der Waals surface area contributed by atoms with E-state index in [4.69, 9.17) is 0 Å². The first kappa shape index (κ1) is 8.55. The smallest absolute Gasteiger partial charge is 0.110 e. The lowest BCUT2D eigenvalue weighted by atomic mass is 10.1. The lowest BCUT2D eigenvalue weighted by molar-refractivity contribution is 1.04. The van der Waals surface area contributed by atoms with Crippen LogP contribution in [0.5, 0.6) is 0 Å². The first-order valence-electron chi connectivity index (χ1n) is 4.62. The van der Waals surface area contributed by atoms with E-state index >= 15 is 0 Å². The van der Waals surface area contributed by atoms with Crippen LogP contribution in [0.4, 0.5) is 0 Å². The maximum Gasteiger partial charge on any atom is 0.110 e. The summed E-state index contributed by atoms with van der Waals surface area (Å²) in [5.41, 5.74) is 2.18. The van der Waals surface area contributed by atoms with E-state index in [2.05, 4.69) is 25.6 Å². The zero-order valence-electron chi connectivity index (χ0n) is 7.84. The van der Waals surface area contributed by atoms with Crippen LogP contribution in [0.3, 0.4) is 0 Å². The number of aromatic nitrogens is 4. The predicted octanol–water partition coefficient (Wildman–Crippen LogP) is 2.01. The van der Waals surface area contributed by atoms with Crippen LogP contribution in [0.2, 0.25) is 0 Å². The van der Waals surface area contributed by atoms with Crippen LogP contribution in [0.1, 0.15) is 11.4 Å². The Kier molecular flexibility index (Phi) is 1.96. The van der Waals surface area contributed by atoms with E-state index in [-0.39, 0.29) is 0 Å². The Morgan fingerprint density at radius 3 is 3.20 bits per heavy atom. The van der Waals surface area contributed by atoms with Crippen molar-refractivity contribution in [1.82, 2.24) is 19.6 Å². The van der Waals surface area contributed by atoms with E-state index in [1.165, 1.54) is 17.1 Å². The lowest BCUT2D eigenvalue weighted by Crippen LogP contribution is -1.90. The number of aromatic amines is 1. The molecule has 0 amide bonds. The first-order valence-corrected chi connectivity index (χ1v) is 5.39. The molecule has 2 heterocycles. The number of hydrogen-bond acceptors (Lipinski definition) is 4. The molecule has 0 aliphatic heterocycles. The standard InChI is InChI=1S/C10H8N4S/c1-2-7(6-9-11-4-5-12-9)10-8(3-1)13-14-15-10/h1-5H,6H2,(H,11,12). The zero-order valence-corrected chi connectivity index (χ0v) is 8.66. The van der Waals surface area contributed by atoms with Gasteiger partial charge in [-0.1, -0.05) is 16.6 Å². The molecule has 0 saturated heterocycles. The molecule has 0 aliphatic rings. The molecule has 4 nitrogen and oxygen atoms in total. The molecule has 1 aromatic carbocycles. The van der Waals surface area contributed by atoms with Gasteiger partial charge in [0.1, 0.15) is 11.3 Å². The molecule has 74 valence electrons. The summed E-state index contributed by atoms with van der Waals surface area (Å²) >= 11 is 1.43. The molecule has 0 bridgehead atoms. The summed E-state index contributed by atoms with van der Waals surface area (Å²) in [5, 5.41) is 4.05. The quantitative estimate of drug-likeness (QED) is 0.712. The number of fused-ring (bicyclic) bond motifs is 1. The number of imidazole rings is 1. The summed E-state index contributed by atoms with van der Waals surface area (Å²) in [6, 6.07) is 6.07. The van der Waals surface area contributed by atoms with Gasteiger partial charge in [-0.25, -0.2) is 4.98 Å². The number of nitrogens with zero attached hydrogens (tertiary/aromatic N) is 3.